The Morgan fingerprint density at radius 1 is 1.24 bits per heavy atom. The number of nitrogens with one attached hydrogen (secondary N) is 1. The minimum atomic E-state index is -0.289. The number of halogens is 1. The second-order valence-electron chi connectivity index (χ2n) is 9.59. The summed E-state index contributed by atoms with van der Waals surface area (Å²) in [5, 5.41) is 3.12. The van der Waals surface area contributed by atoms with Crippen LogP contribution in [0.15, 0.2) is 24.5 Å². The first-order valence-corrected chi connectivity index (χ1v) is 11.9. The van der Waals surface area contributed by atoms with Crippen LogP contribution >= 0.6 is 0 Å². The normalized spacial score (nSPS) is 19.3. The van der Waals surface area contributed by atoms with E-state index < -0.39 is 0 Å². The quantitative estimate of drug-likeness (QED) is 0.448. The molecule has 1 aliphatic heterocycles. The molecule has 3 N–H and O–H groups in total. The van der Waals surface area contributed by atoms with Crippen molar-refractivity contribution in [2.45, 2.75) is 45.1 Å². The van der Waals surface area contributed by atoms with Crippen LogP contribution in [0, 0.1) is 11.2 Å². The van der Waals surface area contributed by atoms with E-state index in [0.717, 1.165) is 71.9 Å². The fourth-order valence-electron chi connectivity index (χ4n) is 5.29. The summed E-state index contributed by atoms with van der Waals surface area (Å²) < 4.78 is 20.5. The van der Waals surface area contributed by atoms with E-state index in [1.165, 1.54) is 6.07 Å². The van der Waals surface area contributed by atoms with Crippen LogP contribution in [0.4, 0.5) is 15.9 Å². The molecule has 0 radical (unpaired) electrons. The van der Waals surface area contributed by atoms with Gasteiger partial charge in [-0.15, -0.1) is 0 Å². The van der Waals surface area contributed by atoms with Gasteiger partial charge in [-0.1, -0.05) is 6.92 Å². The van der Waals surface area contributed by atoms with Gasteiger partial charge in [0.15, 0.2) is 5.75 Å². The van der Waals surface area contributed by atoms with Crippen LogP contribution in [-0.2, 0) is 12.8 Å². The monoisotopic (exact) mass is 461 g/mol. The van der Waals surface area contributed by atoms with Crippen molar-refractivity contribution in [2.24, 2.45) is 11.1 Å². The van der Waals surface area contributed by atoms with Crippen LogP contribution in [0.25, 0.3) is 11.1 Å². The molecule has 1 aromatic carbocycles. The minimum Gasteiger partial charge on any atom is -0.421 e. The van der Waals surface area contributed by atoms with Crippen LogP contribution in [0.3, 0.4) is 0 Å². The topological polar surface area (TPSA) is 102 Å². The van der Waals surface area contributed by atoms with Gasteiger partial charge in [0.25, 0.3) is 0 Å². The molecule has 0 amide bonds. The van der Waals surface area contributed by atoms with Gasteiger partial charge in [0.05, 0.1) is 18.1 Å². The van der Waals surface area contributed by atoms with Gasteiger partial charge < -0.3 is 20.7 Å². The number of benzene rings is 1. The van der Waals surface area contributed by atoms with Crippen LogP contribution in [0.2, 0.25) is 0 Å². The number of nitrogens with two attached hydrogens (primary N) is 1. The number of fused-ring (bicyclic) bond motifs is 3. The lowest BCUT2D eigenvalue weighted by atomic mass is 10.0. The fraction of sp³-hybridized carbons (Fsp3) is 0.440. The van der Waals surface area contributed by atoms with E-state index in [1.54, 1.807) is 25.5 Å². The second-order valence-corrected chi connectivity index (χ2v) is 9.59. The summed E-state index contributed by atoms with van der Waals surface area (Å²) >= 11 is 0. The van der Waals surface area contributed by atoms with E-state index in [9.17, 15) is 4.39 Å². The van der Waals surface area contributed by atoms with Crippen molar-refractivity contribution in [3.8, 4) is 22.9 Å². The number of anilines is 2. The summed E-state index contributed by atoms with van der Waals surface area (Å²) in [6, 6.07) is 3.45. The van der Waals surface area contributed by atoms with E-state index in [2.05, 4.69) is 27.1 Å². The zero-order chi connectivity index (χ0) is 23.4. The Morgan fingerprint density at radius 3 is 2.71 bits per heavy atom. The van der Waals surface area contributed by atoms with Gasteiger partial charge in [-0.05, 0) is 42.5 Å². The zero-order valence-corrected chi connectivity index (χ0v) is 19.4. The van der Waals surface area contributed by atoms with E-state index in [0.29, 0.717) is 18.7 Å². The minimum absolute atomic E-state index is 0.100. The molecule has 2 aromatic heterocycles. The maximum Gasteiger partial charge on any atom is 0.324 e. The van der Waals surface area contributed by atoms with Crippen LogP contribution in [0.5, 0.6) is 11.8 Å². The first kappa shape index (κ1) is 21.2. The maximum atomic E-state index is 14.5. The standard InChI is InChI=1S/C25H28FN7O/c1-3-4-21-29-10-15(11-30-21)34-24-31-19-9-16-17(7-14(26)8-18(16)28-2)22(19)23(32-24)33-12-20(27)25(13-33)5-6-25/h7-8,10-11,20,28H,3-6,9,12-13,27H2,1-2H3/t20-/m0/s1. The van der Waals surface area contributed by atoms with E-state index in [1.807, 2.05) is 0 Å². The molecule has 176 valence electrons. The van der Waals surface area contributed by atoms with Crippen molar-refractivity contribution >= 4 is 11.5 Å². The number of rotatable bonds is 6. The van der Waals surface area contributed by atoms with Crippen molar-refractivity contribution in [1.29, 1.82) is 0 Å². The molecule has 1 atom stereocenters. The van der Waals surface area contributed by atoms with Gasteiger partial charge in [0.1, 0.15) is 17.5 Å². The molecule has 0 unspecified atom stereocenters. The maximum absolute atomic E-state index is 14.5. The SMILES string of the molecule is CCCc1ncc(Oc2nc3c(c(N4C[C@H](N)C5(CC5)C4)n2)-c2cc(F)cc(NC)c2C3)cn1. The number of ether oxygens (including phenoxy) is 1. The zero-order valence-electron chi connectivity index (χ0n) is 19.4. The van der Waals surface area contributed by atoms with Gasteiger partial charge in [0.2, 0.25) is 0 Å². The Labute approximate surface area is 197 Å². The lowest BCUT2D eigenvalue weighted by molar-refractivity contribution is 0.435. The molecular formula is C25H28FN7O. The van der Waals surface area contributed by atoms with Crippen molar-refractivity contribution in [1.82, 2.24) is 19.9 Å². The van der Waals surface area contributed by atoms with Crippen LogP contribution < -0.4 is 20.7 Å². The molecule has 3 heterocycles. The van der Waals surface area contributed by atoms with E-state index in [-0.39, 0.29) is 23.3 Å². The summed E-state index contributed by atoms with van der Waals surface area (Å²) in [4.78, 5) is 20.5. The van der Waals surface area contributed by atoms with Gasteiger partial charge in [-0.3, -0.25) is 0 Å². The lowest BCUT2D eigenvalue weighted by Crippen LogP contribution is -2.30. The predicted molar refractivity (Wildman–Crippen MR) is 128 cm³/mol. The Kier molecular flexibility index (Phi) is 4.91. The predicted octanol–water partition coefficient (Wildman–Crippen LogP) is 3.69. The Morgan fingerprint density at radius 2 is 2.03 bits per heavy atom. The highest BCUT2D eigenvalue weighted by molar-refractivity contribution is 5.88. The Hall–Kier alpha value is -3.33. The van der Waals surface area contributed by atoms with Gasteiger partial charge >= 0.3 is 6.01 Å². The molecule has 2 aliphatic carbocycles. The van der Waals surface area contributed by atoms with Gasteiger partial charge in [0, 0.05) is 55.7 Å². The smallest absolute Gasteiger partial charge is 0.324 e. The highest BCUT2D eigenvalue weighted by atomic mass is 19.1. The van der Waals surface area contributed by atoms with Crippen LogP contribution in [-0.4, -0.2) is 46.1 Å². The molecule has 1 saturated heterocycles. The average molecular weight is 462 g/mol. The summed E-state index contributed by atoms with van der Waals surface area (Å²) in [6.07, 6.45) is 7.96. The third kappa shape index (κ3) is 3.46. The van der Waals surface area contributed by atoms with Gasteiger partial charge in [-0.2, -0.15) is 9.97 Å². The third-order valence-corrected chi connectivity index (χ3v) is 7.31. The summed E-state index contributed by atoms with van der Waals surface area (Å²) in [7, 11) is 1.80. The number of hydrogen-bond acceptors (Lipinski definition) is 8. The average Bonchev–Trinajstić information content (AvgIpc) is 3.41. The van der Waals surface area contributed by atoms with Crippen molar-refractivity contribution in [2.75, 3.05) is 30.4 Å². The molecule has 0 bridgehead atoms. The summed E-state index contributed by atoms with van der Waals surface area (Å²) in [6.45, 7) is 3.64. The number of aromatic nitrogens is 4. The summed E-state index contributed by atoms with van der Waals surface area (Å²) in [5.74, 6) is 1.74. The molecule has 34 heavy (non-hydrogen) atoms. The molecule has 1 saturated carbocycles. The Balaban J connectivity index is 1.42. The summed E-state index contributed by atoms with van der Waals surface area (Å²) in [5.41, 5.74) is 11.0. The third-order valence-electron chi connectivity index (χ3n) is 7.31. The van der Waals surface area contributed by atoms with E-state index >= 15 is 0 Å². The van der Waals surface area contributed by atoms with Crippen molar-refractivity contribution < 1.29 is 9.13 Å². The number of hydrogen-bond donors (Lipinski definition) is 2. The Bertz CT molecular complexity index is 1260. The van der Waals surface area contributed by atoms with Crippen molar-refractivity contribution in [3.63, 3.8) is 0 Å². The van der Waals surface area contributed by atoms with Gasteiger partial charge in [-0.25, -0.2) is 14.4 Å². The molecule has 6 rings (SSSR count). The highest BCUT2D eigenvalue weighted by Crippen LogP contribution is 2.54. The van der Waals surface area contributed by atoms with Crippen LogP contribution in [0.1, 0.15) is 43.3 Å². The first-order chi connectivity index (χ1) is 16.5. The number of nitrogens with zero attached hydrogens (tertiary/aromatic N) is 5. The molecule has 3 aliphatic rings. The van der Waals surface area contributed by atoms with Crippen molar-refractivity contribution in [3.05, 3.63) is 47.4 Å². The highest BCUT2D eigenvalue weighted by Gasteiger charge is 2.54. The fourth-order valence-corrected chi connectivity index (χ4v) is 5.29. The molecule has 1 spiro atoms. The number of aryl methyl sites for hydroxylation is 1. The molecule has 3 aromatic rings. The largest absolute Gasteiger partial charge is 0.421 e. The molecule has 8 nitrogen and oxygen atoms in total. The molecule has 2 fully saturated rings. The molecule has 9 heteroatoms. The lowest BCUT2D eigenvalue weighted by Gasteiger charge is -2.21. The first-order valence-electron chi connectivity index (χ1n) is 11.9. The second kappa shape index (κ2) is 7.87. The molecular weight excluding hydrogens is 433 g/mol. The van der Waals surface area contributed by atoms with E-state index in [4.69, 9.17) is 20.4 Å².